The first-order chi connectivity index (χ1) is 6.83. The third-order valence-electron chi connectivity index (χ3n) is 3.42. The largest absolute Gasteiger partial charge is 0.318 e. The maximum absolute atomic E-state index is 3.48. The van der Waals surface area contributed by atoms with E-state index >= 15 is 0 Å². The molecule has 0 bridgehead atoms. The van der Waals surface area contributed by atoms with Gasteiger partial charge >= 0.3 is 0 Å². The van der Waals surface area contributed by atoms with Gasteiger partial charge in [-0.15, -0.1) is 0 Å². The molecule has 84 valence electrons. The fourth-order valence-corrected chi connectivity index (χ4v) is 2.26. The van der Waals surface area contributed by atoms with Gasteiger partial charge in [-0.25, -0.2) is 0 Å². The second-order valence-electron chi connectivity index (χ2n) is 4.77. The van der Waals surface area contributed by atoms with Gasteiger partial charge in [0.25, 0.3) is 0 Å². The van der Waals surface area contributed by atoms with Crippen LogP contribution >= 0.6 is 0 Å². The molecule has 2 heteroatoms. The van der Waals surface area contributed by atoms with Crippen LogP contribution in [-0.4, -0.2) is 26.7 Å². The molecule has 0 radical (unpaired) electrons. The number of rotatable bonds is 6. The van der Waals surface area contributed by atoms with Crippen LogP contribution in [0, 0.1) is 11.8 Å². The topological polar surface area (TPSA) is 24.1 Å². The predicted octanol–water partition coefficient (Wildman–Crippen LogP) is 2.01. The summed E-state index contributed by atoms with van der Waals surface area (Å²) in [6.07, 6.45) is 7.24. The zero-order valence-electron chi connectivity index (χ0n) is 9.81. The van der Waals surface area contributed by atoms with Crippen molar-refractivity contribution in [1.29, 1.82) is 0 Å². The molecule has 1 rings (SSSR count). The van der Waals surface area contributed by atoms with Crippen molar-refractivity contribution in [1.82, 2.24) is 10.6 Å². The highest BCUT2D eigenvalue weighted by Gasteiger charge is 2.17. The maximum atomic E-state index is 3.48. The Balaban J connectivity index is 1.91. The van der Waals surface area contributed by atoms with Crippen molar-refractivity contribution in [2.45, 2.75) is 39.0 Å². The van der Waals surface area contributed by atoms with E-state index in [4.69, 9.17) is 0 Å². The molecule has 1 aliphatic rings. The summed E-state index contributed by atoms with van der Waals surface area (Å²) >= 11 is 0. The summed E-state index contributed by atoms with van der Waals surface area (Å²) in [6, 6.07) is 0. The summed E-state index contributed by atoms with van der Waals surface area (Å²) < 4.78 is 0. The molecule has 0 aromatic carbocycles. The molecule has 0 atom stereocenters. The van der Waals surface area contributed by atoms with E-state index in [0.717, 1.165) is 24.9 Å². The number of likely N-dealkylation sites (N-methyl/N-ethyl adjacent to an activating group) is 1. The van der Waals surface area contributed by atoms with E-state index in [1.54, 1.807) is 0 Å². The molecule has 0 unspecified atom stereocenters. The quantitative estimate of drug-likeness (QED) is 0.638. The molecule has 1 saturated carbocycles. The molecule has 2 N–H and O–H groups in total. The predicted molar refractivity (Wildman–Crippen MR) is 62.5 cm³/mol. The van der Waals surface area contributed by atoms with E-state index in [0.29, 0.717) is 0 Å². The third kappa shape index (κ3) is 4.97. The van der Waals surface area contributed by atoms with Gasteiger partial charge in [0, 0.05) is 13.1 Å². The van der Waals surface area contributed by atoms with Crippen LogP contribution < -0.4 is 10.6 Å². The van der Waals surface area contributed by atoms with E-state index in [1.807, 2.05) is 7.05 Å². The van der Waals surface area contributed by atoms with Gasteiger partial charge in [-0.2, -0.15) is 0 Å². The maximum Gasteiger partial charge on any atom is 0.00766 e. The number of hydrogen-bond donors (Lipinski definition) is 2. The lowest BCUT2D eigenvalue weighted by atomic mass is 9.81. The molecule has 14 heavy (non-hydrogen) atoms. The van der Waals surface area contributed by atoms with E-state index in [1.165, 1.54) is 38.6 Å². The molecule has 2 nitrogen and oxygen atoms in total. The highest BCUT2D eigenvalue weighted by Crippen LogP contribution is 2.29. The first kappa shape index (κ1) is 12.0. The van der Waals surface area contributed by atoms with Crippen LogP contribution in [0.1, 0.15) is 39.0 Å². The lowest BCUT2D eigenvalue weighted by Gasteiger charge is -2.26. The molecule has 0 aliphatic heterocycles. The standard InChI is InChI=1S/C12H26N2/c1-11-3-5-12(6-4-11)7-8-14-10-9-13-2/h11-14H,3-10H2,1-2H3. The molecule has 1 fully saturated rings. The number of hydrogen-bond acceptors (Lipinski definition) is 2. The van der Waals surface area contributed by atoms with Crippen molar-refractivity contribution >= 4 is 0 Å². The lowest BCUT2D eigenvalue weighted by Crippen LogP contribution is -2.27. The average Bonchev–Trinajstić information content (AvgIpc) is 2.21. The van der Waals surface area contributed by atoms with Gasteiger partial charge in [0.1, 0.15) is 0 Å². The SMILES string of the molecule is CNCCNCCC1CCC(C)CC1. The van der Waals surface area contributed by atoms with Crippen LogP contribution in [0.4, 0.5) is 0 Å². The second kappa shape index (κ2) is 7.24. The van der Waals surface area contributed by atoms with E-state index < -0.39 is 0 Å². The Bertz CT molecular complexity index is 128. The minimum Gasteiger partial charge on any atom is -0.318 e. The first-order valence-electron chi connectivity index (χ1n) is 6.18. The molecular weight excluding hydrogens is 172 g/mol. The normalized spacial score (nSPS) is 27.9. The average molecular weight is 198 g/mol. The van der Waals surface area contributed by atoms with Gasteiger partial charge in [-0.1, -0.05) is 32.6 Å². The summed E-state index contributed by atoms with van der Waals surface area (Å²) in [5.41, 5.74) is 0. The Morgan fingerprint density at radius 2 is 1.71 bits per heavy atom. The van der Waals surface area contributed by atoms with Crippen LogP contribution in [0.5, 0.6) is 0 Å². The van der Waals surface area contributed by atoms with Crippen molar-refractivity contribution in [2.24, 2.45) is 11.8 Å². The lowest BCUT2D eigenvalue weighted by molar-refractivity contribution is 0.275. The van der Waals surface area contributed by atoms with Gasteiger partial charge in [0.15, 0.2) is 0 Å². The smallest absolute Gasteiger partial charge is 0.00766 e. The Morgan fingerprint density at radius 1 is 1.00 bits per heavy atom. The Labute approximate surface area is 88.8 Å². The monoisotopic (exact) mass is 198 g/mol. The van der Waals surface area contributed by atoms with Crippen molar-refractivity contribution in [2.75, 3.05) is 26.7 Å². The highest BCUT2D eigenvalue weighted by molar-refractivity contribution is 4.70. The van der Waals surface area contributed by atoms with Gasteiger partial charge in [-0.05, 0) is 31.8 Å². The third-order valence-corrected chi connectivity index (χ3v) is 3.42. The van der Waals surface area contributed by atoms with Crippen LogP contribution in [0.25, 0.3) is 0 Å². The minimum atomic E-state index is 0.989. The summed E-state index contributed by atoms with van der Waals surface area (Å²) in [6.45, 7) is 5.80. The summed E-state index contributed by atoms with van der Waals surface area (Å²) in [5, 5.41) is 6.63. The van der Waals surface area contributed by atoms with Crippen molar-refractivity contribution in [3.63, 3.8) is 0 Å². The van der Waals surface area contributed by atoms with Gasteiger partial charge in [0.2, 0.25) is 0 Å². The van der Waals surface area contributed by atoms with Gasteiger partial charge in [-0.3, -0.25) is 0 Å². The molecule has 0 aromatic heterocycles. The van der Waals surface area contributed by atoms with Crippen LogP contribution in [0.2, 0.25) is 0 Å². The summed E-state index contributed by atoms with van der Waals surface area (Å²) in [5.74, 6) is 2.00. The van der Waals surface area contributed by atoms with Gasteiger partial charge in [0.05, 0.1) is 0 Å². The van der Waals surface area contributed by atoms with Crippen molar-refractivity contribution < 1.29 is 0 Å². The molecular formula is C12H26N2. The zero-order valence-corrected chi connectivity index (χ0v) is 9.81. The second-order valence-corrected chi connectivity index (χ2v) is 4.77. The van der Waals surface area contributed by atoms with Crippen LogP contribution in [0.3, 0.4) is 0 Å². The molecule has 0 aromatic rings. The Hall–Kier alpha value is -0.0800. The van der Waals surface area contributed by atoms with Crippen LogP contribution in [-0.2, 0) is 0 Å². The van der Waals surface area contributed by atoms with Gasteiger partial charge < -0.3 is 10.6 Å². The Kier molecular flexibility index (Phi) is 6.20. The van der Waals surface area contributed by atoms with Crippen molar-refractivity contribution in [3.8, 4) is 0 Å². The van der Waals surface area contributed by atoms with Crippen LogP contribution in [0.15, 0.2) is 0 Å². The highest BCUT2D eigenvalue weighted by atomic mass is 14.9. The van der Waals surface area contributed by atoms with E-state index in [-0.39, 0.29) is 0 Å². The summed E-state index contributed by atoms with van der Waals surface area (Å²) in [4.78, 5) is 0. The molecule has 0 spiro atoms. The zero-order chi connectivity index (χ0) is 10.2. The fourth-order valence-electron chi connectivity index (χ4n) is 2.26. The molecule has 0 heterocycles. The molecule has 0 amide bonds. The fraction of sp³-hybridized carbons (Fsp3) is 1.00. The van der Waals surface area contributed by atoms with E-state index in [2.05, 4.69) is 17.6 Å². The summed E-state index contributed by atoms with van der Waals surface area (Å²) in [7, 11) is 2.00. The number of nitrogens with one attached hydrogen (secondary N) is 2. The minimum absolute atomic E-state index is 0.989. The Morgan fingerprint density at radius 3 is 2.36 bits per heavy atom. The molecule has 1 aliphatic carbocycles. The van der Waals surface area contributed by atoms with Crippen molar-refractivity contribution in [3.05, 3.63) is 0 Å². The molecule has 0 saturated heterocycles. The first-order valence-corrected chi connectivity index (χ1v) is 6.18. The van der Waals surface area contributed by atoms with E-state index in [9.17, 15) is 0 Å².